The van der Waals surface area contributed by atoms with Crippen LogP contribution in [0, 0.1) is 0 Å². The van der Waals surface area contributed by atoms with E-state index in [1.54, 1.807) is 0 Å². The molecule has 2 nitrogen and oxygen atoms in total. The van der Waals surface area contributed by atoms with E-state index in [1.165, 1.54) is 38.5 Å². The van der Waals surface area contributed by atoms with Gasteiger partial charge in [-0.2, -0.15) is 0 Å². The summed E-state index contributed by atoms with van der Waals surface area (Å²) in [7, 11) is 0. The van der Waals surface area contributed by atoms with Crippen LogP contribution in [0.15, 0.2) is 0 Å². The number of carboxylic acid groups (broad SMARTS) is 1. The fourth-order valence-corrected chi connectivity index (χ4v) is 1.41. The molecule has 0 aromatic heterocycles. The predicted molar refractivity (Wildman–Crippen MR) is 62.8 cm³/mol. The van der Waals surface area contributed by atoms with Gasteiger partial charge in [-0.15, -0.1) is 0 Å². The van der Waals surface area contributed by atoms with Crippen LogP contribution in [0.25, 0.3) is 0 Å². The van der Waals surface area contributed by atoms with Crippen LogP contribution >= 0.6 is 0 Å². The largest absolute Gasteiger partial charge is 2.00 e. The summed E-state index contributed by atoms with van der Waals surface area (Å²) >= 11 is 0. The summed E-state index contributed by atoms with van der Waals surface area (Å²) in [6, 6.07) is 0. The van der Waals surface area contributed by atoms with Crippen LogP contribution in [0.1, 0.15) is 67.6 Å². The smallest absolute Gasteiger partial charge is 1.00 e. The zero-order valence-electron chi connectivity index (χ0n) is 11.4. The molecule has 1 N–H and O–H groups in total. The van der Waals surface area contributed by atoms with Crippen LogP contribution in [-0.2, 0) is 4.79 Å². The minimum absolute atomic E-state index is 0. The number of unbranched alkanes of at least 4 members (excludes halogenated alkanes) is 7. The molecule has 0 rings (SSSR count). The number of hydrogen-bond acceptors (Lipinski definition) is 1. The molecule has 3 heteroatoms. The average molecular weight is 228 g/mol. The van der Waals surface area contributed by atoms with E-state index in [2.05, 4.69) is 6.92 Å². The fraction of sp³-hybridized carbons (Fsp3) is 0.909. The molecule has 0 aromatic carbocycles. The van der Waals surface area contributed by atoms with Gasteiger partial charge in [-0.25, -0.2) is 0 Å². The van der Waals surface area contributed by atoms with Crippen LogP contribution in [0.2, 0.25) is 0 Å². The molecule has 0 aliphatic rings. The number of aliphatic carboxylic acids is 1. The molecule has 14 heavy (non-hydrogen) atoms. The van der Waals surface area contributed by atoms with Crippen LogP contribution in [0.3, 0.4) is 0 Å². The minimum Gasteiger partial charge on any atom is -1.00 e. The topological polar surface area (TPSA) is 37.3 Å². The Morgan fingerprint density at radius 1 is 1.00 bits per heavy atom. The zero-order chi connectivity index (χ0) is 9.94. The van der Waals surface area contributed by atoms with E-state index < -0.39 is 5.97 Å². The molecule has 0 radical (unpaired) electrons. The van der Waals surface area contributed by atoms with Crippen molar-refractivity contribution in [3.63, 3.8) is 0 Å². The quantitative estimate of drug-likeness (QED) is 0.485. The van der Waals surface area contributed by atoms with E-state index in [9.17, 15) is 4.79 Å². The molecule has 0 atom stereocenters. The normalized spacial score (nSPS) is 9.50. The van der Waals surface area contributed by atoms with E-state index in [0.29, 0.717) is 6.42 Å². The Balaban J connectivity index is -0.000000240. The first kappa shape index (κ1) is 17.1. The van der Waals surface area contributed by atoms with Crippen molar-refractivity contribution < 1.29 is 12.8 Å². The third-order valence-electron chi connectivity index (χ3n) is 2.24. The Bertz CT molecular complexity index is 135. The minimum atomic E-state index is -0.661. The van der Waals surface area contributed by atoms with Crippen molar-refractivity contribution in [3.05, 3.63) is 0 Å². The molecule has 0 fully saturated rings. The second-order valence-electron chi connectivity index (χ2n) is 3.62. The molecule has 82 valence electrons. The maximum atomic E-state index is 10.2. The van der Waals surface area contributed by atoms with Crippen LogP contribution in [0.5, 0.6) is 0 Å². The van der Waals surface area contributed by atoms with Gasteiger partial charge in [0.05, 0.1) is 0 Å². The predicted octanol–water partition coefficient (Wildman–Crippen LogP) is 3.45. The van der Waals surface area contributed by atoms with Gasteiger partial charge in [-0.1, -0.05) is 51.9 Å². The third kappa shape index (κ3) is 15.2. The molecule has 0 amide bonds. The van der Waals surface area contributed by atoms with Crippen molar-refractivity contribution in [2.75, 3.05) is 0 Å². The van der Waals surface area contributed by atoms with Gasteiger partial charge < -0.3 is 7.96 Å². The molecular weight excluding hydrogens is 204 g/mol. The molecule has 0 aliphatic carbocycles. The van der Waals surface area contributed by atoms with Crippen LogP contribution < -0.4 is 0 Å². The number of carbonyl (C=O) groups is 1. The summed E-state index contributed by atoms with van der Waals surface area (Å²) in [5.74, 6) is -0.661. The Morgan fingerprint density at radius 3 is 1.86 bits per heavy atom. The second-order valence-corrected chi connectivity index (χ2v) is 3.62. The summed E-state index contributed by atoms with van der Waals surface area (Å²) < 4.78 is 0. The fourth-order valence-electron chi connectivity index (χ4n) is 1.41. The van der Waals surface area contributed by atoms with Gasteiger partial charge in [0.15, 0.2) is 0 Å². The Hall–Kier alpha value is 0.730. The van der Waals surface area contributed by atoms with Crippen molar-refractivity contribution >= 4 is 43.7 Å². The van der Waals surface area contributed by atoms with Gasteiger partial charge in [0, 0.05) is 6.42 Å². The Morgan fingerprint density at radius 2 is 1.43 bits per heavy atom. The van der Waals surface area contributed by atoms with E-state index in [4.69, 9.17) is 5.11 Å². The number of rotatable bonds is 9. The van der Waals surface area contributed by atoms with Crippen LogP contribution in [-0.4, -0.2) is 48.8 Å². The molecule has 0 saturated heterocycles. The summed E-state index contributed by atoms with van der Waals surface area (Å²) in [5.41, 5.74) is 0. The standard InChI is InChI=1S/C11H22O2.Ca.2H/c1-2-3-4-5-6-7-8-9-10-11(12)13;;;/h2-10H2,1H3,(H,12,13);;;/q;+2;2*-1. The second kappa shape index (κ2) is 13.7. The summed E-state index contributed by atoms with van der Waals surface area (Å²) in [5, 5.41) is 8.39. The van der Waals surface area contributed by atoms with Crippen molar-refractivity contribution in [3.8, 4) is 0 Å². The van der Waals surface area contributed by atoms with Crippen molar-refractivity contribution in [1.29, 1.82) is 0 Å². The zero-order valence-corrected chi connectivity index (χ0v) is 11.6. The van der Waals surface area contributed by atoms with Gasteiger partial charge >= 0.3 is 43.7 Å². The molecule has 0 saturated carbocycles. The maximum absolute atomic E-state index is 10.2. The van der Waals surface area contributed by atoms with E-state index in [-0.39, 0.29) is 40.6 Å². The molecule has 0 aromatic rings. The van der Waals surface area contributed by atoms with Crippen molar-refractivity contribution in [2.24, 2.45) is 0 Å². The SMILES string of the molecule is CCCCCCCCCCC(=O)O.[Ca+2].[H-].[H-]. The molecule has 0 bridgehead atoms. The molecular formula is C11H24CaO2. The van der Waals surface area contributed by atoms with E-state index in [0.717, 1.165) is 12.8 Å². The summed E-state index contributed by atoms with van der Waals surface area (Å²) in [6.07, 6.45) is 10.1. The van der Waals surface area contributed by atoms with Crippen molar-refractivity contribution in [2.45, 2.75) is 64.7 Å². The van der Waals surface area contributed by atoms with Gasteiger partial charge in [-0.3, -0.25) is 4.79 Å². The van der Waals surface area contributed by atoms with Gasteiger partial charge in [0.25, 0.3) is 0 Å². The maximum Gasteiger partial charge on any atom is 2.00 e. The molecule has 0 unspecified atom stereocenters. The van der Waals surface area contributed by atoms with E-state index >= 15 is 0 Å². The van der Waals surface area contributed by atoms with Gasteiger partial charge in [-0.05, 0) is 6.42 Å². The van der Waals surface area contributed by atoms with Crippen molar-refractivity contribution in [1.82, 2.24) is 0 Å². The summed E-state index contributed by atoms with van der Waals surface area (Å²) in [4.78, 5) is 10.2. The molecule has 0 heterocycles. The average Bonchev–Trinajstić information content (AvgIpc) is 2.09. The monoisotopic (exact) mass is 228 g/mol. The summed E-state index contributed by atoms with van der Waals surface area (Å²) in [6.45, 7) is 2.22. The third-order valence-corrected chi connectivity index (χ3v) is 2.24. The Kier molecular flexibility index (Phi) is 16.8. The van der Waals surface area contributed by atoms with E-state index in [1.807, 2.05) is 0 Å². The number of hydrogen-bond donors (Lipinski definition) is 1. The first-order chi connectivity index (χ1) is 6.27. The Labute approximate surface area is 120 Å². The first-order valence-corrected chi connectivity index (χ1v) is 5.49. The van der Waals surface area contributed by atoms with Crippen LogP contribution in [0.4, 0.5) is 0 Å². The molecule has 0 aliphatic heterocycles. The number of carboxylic acids is 1. The molecule has 0 spiro atoms. The van der Waals surface area contributed by atoms with Gasteiger partial charge in [0.1, 0.15) is 0 Å². The van der Waals surface area contributed by atoms with Gasteiger partial charge in [0.2, 0.25) is 0 Å². The first-order valence-electron chi connectivity index (χ1n) is 5.49.